The standard InChI is InChI=1S/C4H4NO2S.H2O.U.V/c1-2-3(6)5-4(7)8-2;;;/h2H,1H2,(H,5,6,7);1H2;;/q-1;;;. The first-order chi connectivity index (χ1) is 3.70. The molecule has 1 unspecified atom stereocenters. The van der Waals surface area contributed by atoms with E-state index < -0.39 is 5.25 Å². The van der Waals surface area contributed by atoms with Gasteiger partial charge in [-0.3, -0.25) is 14.9 Å². The van der Waals surface area contributed by atoms with E-state index in [0.29, 0.717) is 0 Å². The first-order valence-electron chi connectivity index (χ1n) is 2.04. The Labute approximate surface area is 104 Å². The average molecular weight is 437 g/mol. The van der Waals surface area contributed by atoms with Crippen LogP contribution in [0.25, 0.3) is 0 Å². The Morgan fingerprint density at radius 2 is 1.91 bits per heavy atom. The predicted molar refractivity (Wildman–Crippen MR) is 33.9 cm³/mol. The molecule has 61 valence electrons. The summed E-state index contributed by atoms with van der Waals surface area (Å²) in [6, 6.07) is 0. The molecule has 0 aromatic rings. The first-order valence-corrected chi connectivity index (χ1v) is 2.92. The van der Waals surface area contributed by atoms with Crippen molar-refractivity contribution in [2.45, 2.75) is 5.25 Å². The SMILES string of the molecule is O.[CH2-]C1SC(=O)NC1=O.[U].[V]. The molecule has 1 heterocycles. The van der Waals surface area contributed by atoms with E-state index in [2.05, 4.69) is 12.2 Å². The molecule has 1 saturated heterocycles. The van der Waals surface area contributed by atoms with Crippen molar-refractivity contribution < 1.29 is 64.7 Å². The number of nitrogens with one attached hydrogen (secondary N) is 1. The summed E-state index contributed by atoms with van der Waals surface area (Å²) in [4.78, 5) is 20.6. The van der Waals surface area contributed by atoms with Gasteiger partial charge in [0.2, 0.25) is 5.91 Å². The van der Waals surface area contributed by atoms with Gasteiger partial charge < -0.3 is 12.4 Å². The number of hydrogen-bond acceptors (Lipinski definition) is 3. The molecule has 0 aliphatic carbocycles. The van der Waals surface area contributed by atoms with Gasteiger partial charge in [-0.15, -0.1) is 0 Å². The van der Waals surface area contributed by atoms with Crippen LogP contribution >= 0.6 is 11.8 Å². The van der Waals surface area contributed by atoms with Crippen molar-refractivity contribution >= 4 is 22.9 Å². The average Bonchev–Trinajstić information content (AvgIpc) is 1.85. The number of thioether (sulfide) groups is 1. The molecule has 1 aliphatic heterocycles. The molecule has 0 aromatic carbocycles. The Hall–Kier alpha value is 1.09. The van der Waals surface area contributed by atoms with E-state index in [1.165, 1.54) is 0 Å². The van der Waals surface area contributed by atoms with Crippen LogP contribution in [0.5, 0.6) is 0 Å². The molecule has 1 fully saturated rings. The zero-order chi connectivity index (χ0) is 6.15. The monoisotopic (exact) mass is 437 g/mol. The van der Waals surface area contributed by atoms with Crippen molar-refractivity contribution in [3.63, 3.8) is 0 Å². The van der Waals surface area contributed by atoms with Crippen molar-refractivity contribution in [2.75, 3.05) is 0 Å². The zero-order valence-corrected chi connectivity index (χ0v) is 11.8. The van der Waals surface area contributed by atoms with Gasteiger partial charge in [0, 0.05) is 49.7 Å². The maximum atomic E-state index is 10.4. The fraction of sp³-hybridized carbons (Fsp3) is 0.250. The molecule has 1 radical (unpaired) electrons. The molecular formula is C4H6NO3SUV-. The van der Waals surface area contributed by atoms with Gasteiger partial charge in [-0.1, -0.05) is 11.8 Å². The van der Waals surface area contributed by atoms with Gasteiger partial charge in [0.1, 0.15) is 0 Å². The second-order valence-electron chi connectivity index (χ2n) is 1.38. The van der Waals surface area contributed by atoms with Crippen molar-refractivity contribution in [3.8, 4) is 0 Å². The van der Waals surface area contributed by atoms with E-state index >= 15 is 0 Å². The van der Waals surface area contributed by atoms with Crippen molar-refractivity contribution in [2.24, 2.45) is 0 Å². The van der Waals surface area contributed by atoms with Crippen LogP contribution in [0.3, 0.4) is 0 Å². The number of carbonyl (C=O) groups excluding carboxylic acids is 2. The molecule has 3 N–H and O–H groups in total. The Morgan fingerprint density at radius 1 is 1.45 bits per heavy atom. The Bertz CT molecular complexity index is 156. The summed E-state index contributed by atoms with van der Waals surface area (Å²) < 4.78 is 0. The molecule has 1 aliphatic rings. The third kappa shape index (κ3) is 5.34. The van der Waals surface area contributed by atoms with E-state index in [1.807, 2.05) is 0 Å². The summed E-state index contributed by atoms with van der Waals surface area (Å²) in [7, 11) is 0. The van der Waals surface area contributed by atoms with E-state index in [9.17, 15) is 9.59 Å². The first kappa shape index (κ1) is 18.0. The Kier molecular flexibility index (Phi) is 12.6. The largest absolute Gasteiger partial charge is 0.412 e. The summed E-state index contributed by atoms with van der Waals surface area (Å²) in [5.74, 6) is -0.292. The molecular weight excluding hydrogens is 431 g/mol. The smallest absolute Gasteiger partial charge is 0.283 e. The Balaban J connectivity index is -0.000000213. The summed E-state index contributed by atoms with van der Waals surface area (Å²) in [5, 5.41) is 1.35. The molecule has 0 saturated carbocycles. The molecule has 0 aromatic heterocycles. The predicted octanol–water partition coefficient (Wildman–Crippen LogP) is -0.655. The summed E-state index contributed by atoms with van der Waals surface area (Å²) in [6.07, 6.45) is 0. The fourth-order valence-electron chi connectivity index (χ4n) is 0.393. The minimum Gasteiger partial charge on any atom is -0.412 e. The van der Waals surface area contributed by atoms with Gasteiger partial charge >= 0.3 is 0 Å². The van der Waals surface area contributed by atoms with Crippen molar-refractivity contribution in [1.82, 2.24) is 5.32 Å². The molecule has 2 amide bonds. The number of imide groups is 1. The van der Waals surface area contributed by atoms with E-state index in [-0.39, 0.29) is 66.3 Å². The number of rotatable bonds is 0. The van der Waals surface area contributed by atoms with Gasteiger partial charge in [0.15, 0.2) is 0 Å². The van der Waals surface area contributed by atoms with Gasteiger partial charge in [0.05, 0.1) is 0 Å². The minimum atomic E-state index is -0.442. The third-order valence-electron chi connectivity index (χ3n) is 0.767. The van der Waals surface area contributed by atoms with Crippen LogP contribution in [-0.4, -0.2) is 21.9 Å². The summed E-state index contributed by atoms with van der Waals surface area (Å²) >= 11 is 0.918. The van der Waals surface area contributed by atoms with E-state index in [0.717, 1.165) is 11.8 Å². The normalized spacial score (nSPS) is 20.6. The van der Waals surface area contributed by atoms with Crippen LogP contribution < -0.4 is 5.32 Å². The zero-order valence-electron chi connectivity index (χ0n) is 5.46. The third-order valence-corrected chi connectivity index (χ3v) is 1.58. The van der Waals surface area contributed by atoms with Crippen molar-refractivity contribution in [1.29, 1.82) is 0 Å². The minimum absolute atomic E-state index is 0. The number of amides is 2. The summed E-state index contributed by atoms with van der Waals surface area (Å²) in [5.41, 5.74) is 0. The van der Waals surface area contributed by atoms with Gasteiger partial charge in [-0.05, 0) is 5.25 Å². The molecule has 1 rings (SSSR count). The van der Waals surface area contributed by atoms with Crippen LogP contribution in [0.15, 0.2) is 0 Å². The number of hydrogen-bond donors (Lipinski definition) is 1. The van der Waals surface area contributed by atoms with E-state index in [4.69, 9.17) is 0 Å². The molecule has 0 spiro atoms. The second-order valence-corrected chi connectivity index (χ2v) is 2.56. The van der Waals surface area contributed by atoms with Crippen LogP contribution in [0.2, 0.25) is 0 Å². The van der Waals surface area contributed by atoms with Gasteiger partial charge in [-0.2, -0.15) is 0 Å². The van der Waals surface area contributed by atoms with Crippen LogP contribution in [0.1, 0.15) is 0 Å². The maximum absolute atomic E-state index is 10.4. The molecule has 4 nitrogen and oxygen atoms in total. The molecule has 1 atom stereocenters. The molecule has 0 bridgehead atoms. The van der Waals surface area contributed by atoms with Crippen LogP contribution in [0.4, 0.5) is 4.79 Å². The Morgan fingerprint density at radius 3 is 2.00 bits per heavy atom. The van der Waals surface area contributed by atoms with Crippen LogP contribution in [0, 0.1) is 38.0 Å². The molecule has 11 heavy (non-hydrogen) atoms. The van der Waals surface area contributed by atoms with Crippen molar-refractivity contribution in [3.05, 3.63) is 6.92 Å². The summed E-state index contributed by atoms with van der Waals surface area (Å²) in [6.45, 7) is 3.40. The van der Waals surface area contributed by atoms with Crippen LogP contribution in [-0.2, 0) is 23.4 Å². The molecule has 7 heteroatoms. The quantitative estimate of drug-likeness (QED) is 0.512. The van der Waals surface area contributed by atoms with Gasteiger partial charge in [0.25, 0.3) is 5.24 Å². The second kappa shape index (κ2) is 7.72. The fourth-order valence-corrected chi connectivity index (χ4v) is 0.977. The van der Waals surface area contributed by atoms with Gasteiger partial charge in [-0.25, -0.2) is 0 Å². The number of carbonyl (C=O) groups is 2. The van der Waals surface area contributed by atoms with E-state index in [1.54, 1.807) is 0 Å². The maximum Gasteiger partial charge on any atom is 0.283 e. The topological polar surface area (TPSA) is 77.7 Å².